The number of anilines is 2. The van der Waals surface area contributed by atoms with E-state index in [2.05, 4.69) is 20.0 Å². The summed E-state index contributed by atoms with van der Waals surface area (Å²) in [6.45, 7) is 0. The van der Waals surface area contributed by atoms with Crippen molar-refractivity contribution in [2.24, 2.45) is 0 Å². The fourth-order valence-electron chi connectivity index (χ4n) is 2.89. The number of aromatic nitrogens is 2. The van der Waals surface area contributed by atoms with Gasteiger partial charge in [-0.3, -0.25) is 14.5 Å². The van der Waals surface area contributed by atoms with Gasteiger partial charge in [0.25, 0.3) is 10.0 Å². The minimum absolute atomic E-state index is 0.0545. The Hall–Kier alpha value is -3.46. The van der Waals surface area contributed by atoms with Crippen LogP contribution < -0.4 is 10.0 Å². The van der Waals surface area contributed by atoms with Gasteiger partial charge in [-0.15, -0.1) is 0 Å². The number of sulfonamides is 1. The standard InChI is InChI=1S/C23H16Cl2N4O3S/c24-18-10-5-15(13-19(18)25)22(30)11-12-26-16-6-8-17(9-7-16)33(31,32)29-23-14-27-20-3-1-2-4-21(20)28-23/h1-14,26H,(H,28,29)/b12-11+. The number of hydrogen-bond acceptors (Lipinski definition) is 6. The quantitative estimate of drug-likeness (QED) is 0.256. The van der Waals surface area contributed by atoms with E-state index in [0.717, 1.165) is 0 Å². The second kappa shape index (κ2) is 9.58. The van der Waals surface area contributed by atoms with Gasteiger partial charge in [-0.2, -0.15) is 0 Å². The monoisotopic (exact) mass is 498 g/mol. The fraction of sp³-hybridized carbons (Fsp3) is 0. The third-order valence-electron chi connectivity index (χ3n) is 4.54. The van der Waals surface area contributed by atoms with Gasteiger partial charge in [0.05, 0.1) is 32.2 Å². The lowest BCUT2D eigenvalue weighted by Crippen LogP contribution is -2.14. The summed E-state index contributed by atoms with van der Waals surface area (Å²) in [5, 5.41) is 3.59. The summed E-state index contributed by atoms with van der Waals surface area (Å²) < 4.78 is 27.8. The van der Waals surface area contributed by atoms with E-state index in [1.807, 2.05) is 6.07 Å². The van der Waals surface area contributed by atoms with Crippen molar-refractivity contribution in [2.45, 2.75) is 4.90 Å². The van der Waals surface area contributed by atoms with Crippen molar-refractivity contribution in [3.63, 3.8) is 0 Å². The Bertz CT molecular complexity index is 1470. The van der Waals surface area contributed by atoms with Crippen LogP contribution in [0.25, 0.3) is 11.0 Å². The van der Waals surface area contributed by atoms with Gasteiger partial charge < -0.3 is 5.32 Å². The third kappa shape index (κ3) is 5.48. The molecular weight excluding hydrogens is 483 g/mol. The second-order valence-electron chi connectivity index (χ2n) is 6.84. The summed E-state index contributed by atoms with van der Waals surface area (Å²) >= 11 is 11.8. The molecule has 4 aromatic rings. The number of carbonyl (C=O) groups is 1. The van der Waals surface area contributed by atoms with Crippen LogP contribution in [-0.2, 0) is 10.0 Å². The lowest BCUT2D eigenvalue weighted by Gasteiger charge is -2.08. The maximum Gasteiger partial charge on any atom is 0.263 e. The maximum absolute atomic E-state index is 12.7. The molecule has 0 aliphatic heterocycles. The second-order valence-corrected chi connectivity index (χ2v) is 9.34. The number of ketones is 1. The van der Waals surface area contributed by atoms with E-state index in [1.165, 1.54) is 36.7 Å². The number of halogens is 2. The molecule has 0 amide bonds. The largest absolute Gasteiger partial charge is 0.362 e. The zero-order valence-electron chi connectivity index (χ0n) is 16.9. The highest BCUT2D eigenvalue weighted by molar-refractivity contribution is 7.92. The Morgan fingerprint density at radius 2 is 1.64 bits per heavy atom. The average molecular weight is 499 g/mol. The van der Waals surface area contributed by atoms with Crippen LogP contribution in [0, 0.1) is 0 Å². The van der Waals surface area contributed by atoms with Crippen LogP contribution in [-0.4, -0.2) is 24.2 Å². The van der Waals surface area contributed by atoms with Crippen molar-refractivity contribution in [1.82, 2.24) is 9.97 Å². The number of hydrogen-bond donors (Lipinski definition) is 2. The van der Waals surface area contributed by atoms with Crippen LogP contribution in [0.15, 0.2) is 90.1 Å². The molecule has 0 spiro atoms. The lowest BCUT2D eigenvalue weighted by molar-refractivity contribution is 0.104. The number of benzene rings is 3. The Labute approximate surface area is 200 Å². The van der Waals surface area contributed by atoms with Gasteiger partial charge in [0.1, 0.15) is 0 Å². The summed E-state index contributed by atoms with van der Waals surface area (Å²) in [6, 6.07) is 17.8. The third-order valence-corrected chi connectivity index (χ3v) is 6.65. The summed E-state index contributed by atoms with van der Waals surface area (Å²) in [7, 11) is -3.85. The molecule has 10 heteroatoms. The molecule has 0 unspecified atom stereocenters. The van der Waals surface area contributed by atoms with Crippen molar-refractivity contribution >= 4 is 61.5 Å². The van der Waals surface area contributed by atoms with Crippen molar-refractivity contribution in [3.05, 3.63) is 101 Å². The molecular formula is C23H16Cl2N4O3S. The molecule has 0 saturated carbocycles. The van der Waals surface area contributed by atoms with Gasteiger partial charge >= 0.3 is 0 Å². The van der Waals surface area contributed by atoms with Crippen molar-refractivity contribution in [2.75, 3.05) is 10.0 Å². The molecule has 0 bridgehead atoms. The fourth-order valence-corrected chi connectivity index (χ4v) is 4.18. The highest BCUT2D eigenvalue weighted by Crippen LogP contribution is 2.23. The van der Waals surface area contributed by atoms with Crippen molar-refractivity contribution in [1.29, 1.82) is 0 Å². The summed E-state index contributed by atoms with van der Waals surface area (Å²) in [5.41, 5.74) is 2.24. The first-order valence-corrected chi connectivity index (χ1v) is 11.8. The number of rotatable bonds is 7. The molecule has 33 heavy (non-hydrogen) atoms. The van der Waals surface area contributed by atoms with E-state index < -0.39 is 10.0 Å². The number of nitrogens with zero attached hydrogens (tertiary/aromatic N) is 2. The molecule has 0 radical (unpaired) electrons. The minimum atomic E-state index is -3.85. The molecule has 3 aromatic carbocycles. The molecule has 0 aliphatic carbocycles. The number of nitrogens with one attached hydrogen (secondary N) is 2. The van der Waals surface area contributed by atoms with Gasteiger partial charge in [0.15, 0.2) is 11.6 Å². The Balaban J connectivity index is 1.41. The smallest absolute Gasteiger partial charge is 0.263 e. The Kier molecular flexibility index (Phi) is 6.60. The number of fused-ring (bicyclic) bond motifs is 1. The maximum atomic E-state index is 12.7. The first kappa shape index (κ1) is 22.7. The number of carbonyl (C=O) groups excluding carboxylic acids is 1. The summed E-state index contributed by atoms with van der Waals surface area (Å²) in [6.07, 6.45) is 4.16. The van der Waals surface area contributed by atoms with E-state index in [0.29, 0.717) is 32.3 Å². The van der Waals surface area contributed by atoms with Crippen LogP contribution in [0.3, 0.4) is 0 Å². The van der Waals surface area contributed by atoms with Crippen LogP contribution in [0.4, 0.5) is 11.5 Å². The van der Waals surface area contributed by atoms with Gasteiger partial charge in [-0.25, -0.2) is 13.4 Å². The zero-order valence-corrected chi connectivity index (χ0v) is 19.2. The van der Waals surface area contributed by atoms with E-state index in [4.69, 9.17) is 23.2 Å². The first-order valence-electron chi connectivity index (χ1n) is 9.59. The van der Waals surface area contributed by atoms with Gasteiger partial charge in [-0.05, 0) is 54.6 Å². The molecule has 0 aliphatic rings. The predicted octanol–water partition coefficient (Wildman–Crippen LogP) is 5.55. The van der Waals surface area contributed by atoms with E-state index in [1.54, 1.807) is 42.5 Å². The van der Waals surface area contributed by atoms with Crippen molar-refractivity contribution in [3.8, 4) is 0 Å². The van der Waals surface area contributed by atoms with Crippen LogP contribution >= 0.6 is 23.2 Å². The first-order chi connectivity index (χ1) is 15.8. The molecule has 0 fully saturated rings. The van der Waals surface area contributed by atoms with E-state index in [9.17, 15) is 13.2 Å². The molecule has 2 N–H and O–H groups in total. The molecule has 0 saturated heterocycles. The number of para-hydroxylation sites is 2. The topological polar surface area (TPSA) is 101 Å². The minimum Gasteiger partial charge on any atom is -0.362 e. The van der Waals surface area contributed by atoms with Crippen LogP contribution in [0.5, 0.6) is 0 Å². The lowest BCUT2D eigenvalue weighted by atomic mass is 10.1. The van der Waals surface area contributed by atoms with Gasteiger partial charge in [0, 0.05) is 23.5 Å². The Morgan fingerprint density at radius 1 is 0.909 bits per heavy atom. The SMILES string of the molecule is O=C(/C=C/Nc1ccc(S(=O)(=O)Nc2cnc3ccccc3n2)cc1)c1ccc(Cl)c(Cl)c1. The van der Waals surface area contributed by atoms with Gasteiger partial charge in [0.2, 0.25) is 0 Å². The molecule has 1 aromatic heterocycles. The molecule has 1 heterocycles. The highest BCUT2D eigenvalue weighted by Gasteiger charge is 2.15. The van der Waals surface area contributed by atoms with E-state index in [-0.39, 0.29) is 16.5 Å². The zero-order chi connectivity index (χ0) is 23.4. The average Bonchev–Trinajstić information content (AvgIpc) is 2.81. The molecule has 7 nitrogen and oxygen atoms in total. The Morgan fingerprint density at radius 3 is 2.36 bits per heavy atom. The molecule has 0 atom stereocenters. The van der Waals surface area contributed by atoms with Crippen LogP contribution in [0.2, 0.25) is 10.0 Å². The highest BCUT2D eigenvalue weighted by atomic mass is 35.5. The van der Waals surface area contributed by atoms with E-state index >= 15 is 0 Å². The normalized spacial score (nSPS) is 11.6. The molecule has 4 rings (SSSR count). The summed E-state index contributed by atoms with van der Waals surface area (Å²) in [5.74, 6) is -0.138. The van der Waals surface area contributed by atoms with Crippen LogP contribution in [0.1, 0.15) is 10.4 Å². The number of allylic oxidation sites excluding steroid dienone is 1. The van der Waals surface area contributed by atoms with Gasteiger partial charge in [-0.1, -0.05) is 35.3 Å². The van der Waals surface area contributed by atoms with Crippen molar-refractivity contribution < 1.29 is 13.2 Å². The predicted molar refractivity (Wildman–Crippen MR) is 130 cm³/mol. The molecule has 166 valence electrons. The summed E-state index contributed by atoms with van der Waals surface area (Å²) in [4.78, 5) is 20.7.